The largest absolute Gasteiger partial charge is 0.271 e. The minimum Gasteiger partial charge on any atom is -0.271 e. The standard InChI is InChI=1S/C10H20N4/c1-4-8(2)7-9(13-11)10-5-6-12-14(10)3/h5-6,8-9,13H,4,7,11H2,1-3H3. The van der Waals surface area contributed by atoms with Crippen molar-refractivity contribution >= 4 is 0 Å². The number of nitrogens with one attached hydrogen (secondary N) is 1. The van der Waals surface area contributed by atoms with Crippen molar-refractivity contribution in [2.45, 2.75) is 32.7 Å². The van der Waals surface area contributed by atoms with Crippen LogP contribution in [0.15, 0.2) is 12.3 Å². The molecule has 0 spiro atoms. The highest BCUT2D eigenvalue weighted by molar-refractivity contribution is 5.06. The molecule has 80 valence electrons. The molecule has 1 aromatic rings. The summed E-state index contributed by atoms with van der Waals surface area (Å²) in [5.41, 5.74) is 4.00. The van der Waals surface area contributed by atoms with Gasteiger partial charge in [0.05, 0.1) is 11.7 Å². The Balaban J connectivity index is 2.67. The molecule has 4 nitrogen and oxygen atoms in total. The summed E-state index contributed by atoms with van der Waals surface area (Å²) in [7, 11) is 1.94. The molecule has 0 fully saturated rings. The van der Waals surface area contributed by atoms with Gasteiger partial charge in [-0.05, 0) is 18.4 Å². The minimum atomic E-state index is 0.206. The average molecular weight is 196 g/mol. The predicted molar refractivity (Wildman–Crippen MR) is 57.3 cm³/mol. The third kappa shape index (κ3) is 2.56. The fourth-order valence-electron chi connectivity index (χ4n) is 1.57. The summed E-state index contributed by atoms with van der Waals surface area (Å²) < 4.78 is 1.87. The summed E-state index contributed by atoms with van der Waals surface area (Å²) in [5, 5.41) is 4.14. The summed E-state index contributed by atoms with van der Waals surface area (Å²) >= 11 is 0. The summed E-state index contributed by atoms with van der Waals surface area (Å²) in [5.74, 6) is 6.22. The highest BCUT2D eigenvalue weighted by Crippen LogP contribution is 2.21. The van der Waals surface area contributed by atoms with Crippen LogP contribution in [0.1, 0.15) is 38.4 Å². The molecule has 0 aromatic carbocycles. The number of aryl methyl sites for hydroxylation is 1. The second kappa shape index (κ2) is 5.12. The molecule has 0 amide bonds. The van der Waals surface area contributed by atoms with Crippen molar-refractivity contribution in [3.63, 3.8) is 0 Å². The van der Waals surface area contributed by atoms with Crippen LogP contribution in [0.5, 0.6) is 0 Å². The van der Waals surface area contributed by atoms with E-state index in [0.29, 0.717) is 5.92 Å². The van der Waals surface area contributed by atoms with Crippen molar-refractivity contribution in [3.8, 4) is 0 Å². The van der Waals surface area contributed by atoms with Crippen LogP contribution >= 0.6 is 0 Å². The second-order valence-corrected chi connectivity index (χ2v) is 3.85. The van der Waals surface area contributed by atoms with Gasteiger partial charge in [-0.25, -0.2) is 0 Å². The Kier molecular flexibility index (Phi) is 4.10. The third-order valence-corrected chi connectivity index (χ3v) is 2.75. The maximum Gasteiger partial charge on any atom is 0.0631 e. The van der Waals surface area contributed by atoms with Crippen molar-refractivity contribution in [2.75, 3.05) is 0 Å². The summed E-state index contributed by atoms with van der Waals surface area (Å²) in [4.78, 5) is 0. The Morgan fingerprint density at radius 3 is 2.79 bits per heavy atom. The molecule has 0 saturated carbocycles. The summed E-state index contributed by atoms with van der Waals surface area (Å²) in [6.45, 7) is 4.43. The fraction of sp³-hybridized carbons (Fsp3) is 0.700. The highest BCUT2D eigenvalue weighted by Gasteiger charge is 2.15. The normalized spacial score (nSPS) is 15.4. The molecule has 2 unspecified atom stereocenters. The molecular formula is C10H20N4. The van der Waals surface area contributed by atoms with Crippen molar-refractivity contribution < 1.29 is 0 Å². The van der Waals surface area contributed by atoms with E-state index in [2.05, 4.69) is 24.4 Å². The quantitative estimate of drug-likeness (QED) is 0.552. The van der Waals surface area contributed by atoms with Gasteiger partial charge in [0.2, 0.25) is 0 Å². The Morgan fingerprint density at radius 1 is 1.64 bits per heavy atom. The van der Waals surface area contributed by atoms with Gasteiger partial charge in [-0.1, -0.05) is 20.3 Å². The molecule has 0 bridgehead atoms. The van der Waals surface area contributed by atoms with Gasteiger partial charge in [0.15, 0.2) is 0 Å². The minimum absolute atomic E-state index is 0.206. The lowest BCUT2D eigenvalue weighted by Gasteiger charge is -2.19. The highest BCUT2D eigenvalue weighted by atomic mass is 15.3. The Labute approximate surface area is 85.5 Å². The first kappa shape index (κ1) is 11.2. The zero-order valence-corrected chi connectivity index (χ0v) is 9.20. The van der Waals surface area contributed by atoms with Gasteiger partial charge in [-0.15, -0.1) is 0 Å². The van der Waals surface area contributed by atoms with Crippen LogP contribution in [0.4, 0.5) is 0 Å². The van der Waals surface area contributed by atoms with E-state index in [-0.39, 0.29) is 6.04 Å². The van der Waals surface area contributed by atoms with Crippen molar-refractivity contribution in [1.29, 1.82) is 0 Å². The van der Waals surface area contributed by atoms with E-state index in [9.17, 15) is 0 Å². The number of nitrogens with two attached hydrogens (primary N) is 1. The Hall–Kier alpha value is -0.870. The van der Waals surface area contributed by atoms with Gasteiger partial charge in [-0.2, -0.15) is 5.10 Å². The molecule has 1 heterocycles. The predicted octanol–water partition coefficient (Wildman–Crippen LogP) is 1.36. The van der Waals surface area contributed by atoms with Crippen molar-refractivity contribution in [3.05, 3.63) is 18.0 Å². The van der Waals surface area contributed by atoms with E-state index >= 15 is 0 Å². The van der Waals surface area contributed by atoms with Gasteiger partial charge < -0.3 is 0 Å². The smallest absolute Gasteiger partial charge is 0.0631 e. The first-order chi connectivity index (χ1) is 6.69. The fourth-order valence-corrected chi connectivity index (χ4v) is 1.57. The second-order valence-electron chi connectivity index (χ2n) is 3.85. The maximum absolute atomic E-state index is 5.54. The lowest BCUT2D eigenvalue weighted by molar-refractivity contribution is 0.391. The molecular weight excluding hydrogens is 176 g/mol. The average Bonchev–Trinajstić information content (AvgIpc) is 2.60. The third-order valence-electron chi connectivity index (χ3n) is 2.75. The van der Waals surface area contributed by atoms with Gasteiger partial charge in [0.25, 0.3) is 0 Å². The van der Waals surface area contributed by atoms with Crippen LogP contribution in [0.2, 0.25) is 0 Å². The van der Waals surface area contributed by atoms with Crippen LogP contribution < -0.4 is 11.3 Å². The van der Waals surface area contributed by atoms with Crippen LogP contribution in [0.25, 0.3) is 0 Å². The summed E-state index contributed by atoms with van der Waals surface area (Å²) in [6.07, 6.45) is 4.03. The summed E-state index contributed by atoms with van der Waals surface area (Å²) in [6, 6.07) is 2.21. The zero-order chi connectivity index (χ0) is 10.6. The van der Waals surface area contributed by atoms with Gasteiger partial charge >= 0.3 is 0 Å². The van der Waals surface area contributed by atoms with E-state index < -0.39 is 0 Å². The molecule has 0 saturated heterocycles. The maximum atomic E-state index is 5.54. The van der Waals surface area contributed by atoms with Gasteiger partial charge in [0, 0.05) is 13.2 Å². The molecule has 0 aliphatic heterocycles. The van der Waals surface area contributed by atoms with Crippen LogP contribution in [0.3, 0.4) is 0 Å². The molecule has 3 N–H and O–H groups in total. The molecule has 2 atom stereocenters. The van der Waals surface area contributed by atoms with E-state index in [1.807, 2.05) is 17.8 Å². The lowest BCUT2D eigenvalue weighted by atomic mass is 9.98. The van der Waals surface area contributed by atoms with Crippen LogP contribution in [-0.4, -0.2) is 9.78 Å². The molecule has 0 radical (unpaired) electrons. The first-order valence-corrected chi connectivity index (χ1v) is 5.13. The van der Waals surface area contributed by atoms with Crippen LogP contribution in [-0.2, 0) is 7.05 Å². The molecule has 0 aliphatic rings. The number of hydrogen-bond acceptors (Lipinski definition) is 3. The van der Waals surface area contributed by atoms with Gasteiger partial charge in [-0.3, -0.25) is 16.0 Å². The van der Waals surface area contributed by atoms with E-state index in [1.54, 1.807) is 6.20 Å². The van der Waals surface area contributed by atoms with E-state index in [1.165, 1.54) is 6.42 Å². The van der Waals surface area contributed by atoms with E-state index in [4.69, 9.17) is 5.84 Å². The topological polar surface area (TPSA) is 55.9 Å². The number of rotatable bonds is 5. The van der Waals surface area contributed by atoms with Crippen LogP contribution in [0, 0.1) is 5.92 Å². The van der Waals surface area contributed by atoms with E-state index in [0.717, 1.165) is 12.1 Å². The molecule has 14 heavy (non-hydrogen) atoms. The molecule has 1 aromatic heterocycles. The molecule has 4 heteroatoms. The monoisotopic (exact) mass is 196 g/mol. The number of aromatic nitrogens is 2. The lowest BCUT2D eigenvalue weighted by Crippen LogP contribution is -2.30. The van der Waals surface area contributed by atoms with Gasteiger partial charge in [0.1, 0.15) is 0 Å². The molecule has 1 rings (SSSR count). The first-order valence-electron chi connectivity index (χ1n) is 5.13. The molecule has 0 aliphatic carbocycles. The van der Waals surface area contributed by atoms with Crippen molar-refractivity contribution in [1.82, 2.24) is 15.2 Å². The Bertz CT molecular complexity index is 269. The Morgan fingerprint density at radius 2 is 2.36 bits per heavy atom. The number of hydrazine groups is 1. The SMILES string of the molecule is CCC(C)CC(NN)c1ccnn1C. The number of nitrogens with zero attached hydrogens (tertiary/aromatic N) is 2. The van der Waals surface area contributed by atoms with Crippen molar-refractivity contribution in [2.24, 2.45) is 18.8 Å². The number of hydrogen-bond donors (Lipinski definition) is 2. The zero-order valence-electron chi connectivity index (χ0n) is 9.20.